The van der Waals surface area contributed by atoms with E-state index >= 15 is 0 Å². The Morgan fingerprint density at radius 3 is 2.19 bits per heavy atom. The van der Waals surface area contributed by atoms with Gasteiger partial charge in [0, 0.05) is 16.2 Å². The summed E-state index contributed by atoms with van der Waals surface area (Å²) in [6.07, 6.45) is 0.314. The number of unbranched alkanes of at least 4 members (excludes halogenated alkanes) is 1. The van der Waals surface area contributed by atoms with Gasteiger partial charge in [-0.05, 0) is 36.2 Å². The van der Waals surface area contributed by atoms with Gasteiger partial charge >= 0.3 is 12.2 Å². The molecule has 2 rings (SSSR count). The molecule has 0 aromatic carbocycles. The van der Waals surface area contributed by atoms with Crippen LogP contribution in [-0.2, 0) is 17.8 Å². The zero-order valence-corrected chi connectivity index (χ0v) is 16.6. The van der Waals surface area contributed by atoms with Crippen molar-refractivity contribution >= 4 is 34.9 Å². The van der Waals surface area contributed by atoms with Crippen molar-refractivity contribution in [2.24, 2.45) is 0 Å². The third kappa shape index (κ3) is 6.34. The first-order valence-electron chi connectivity index (χ1n) is 8.45. The quantitative estimate of drug-likeness (QED) is 0.577. The lowest BCUT2D eigenvalue weighted by molar-refractivity contribution is -0.0253. The van der Waals surface area contributed by atoms with E-state index in [-0.39, 0.29) is 0 Å². The van der Waals surface area contributed by atoms with E-state index in [1.807, 2.05) is 41.9 Å². The minimum absolute atomic E-state index is 0.422. The summed E-state index contributed by atoms with van der Waals surface area (Å²) < 4.78 is 5.61. The second-order valence-electron chi connectivity index (χ2n) is 6.15. The van der Waals surface area contributed by atoms with Gasteiger partial charge in [0.25, 0.3) is 0 Å². The van der Waals surface area contributed by atoms with Gasteiger partial charge in [0.1, 0.15) is 0 Å². The van der Waals surface area contributed by atoms with Crippen LogP contribution in [0, 0.1) is 0 Å². The third-order valence-corrected chi connectivity index (χ3v) is 5.53. The van der Waals surface area contributed by atoms with Crippen LogP contribution < -0.4 is 5.32 Å². The molecule has 0 radical (unpaired) electrons. The van der Waals surface area contributed by atoms with E-state index < -0.39 is 17.9 Å². The summed E-state index contributed by atoms with van der Waals surface area (Å²) >= 11 is 3.14. The standard InChI is InChI=1S/C18H24N2O4S2/c1-3-4-9-18(2,19-16(21)22)24-17(23)20(12-14-7-5-10-25-14)13-15-8-6-11-26-15/h5-8,10-11,19H,3-4,9,12-13H2,1-2H3,(H,21,22)/t18-/m0/s1. The molecular formula is C18H24N2O4S2. The van der Waals surface area contributed by atoms with Gasteiger partial charge in [-0.25, -0.2) is 9.59 Å². The highest BCUT2D eigenvalue weighted by Crippen LogP contribution is 2.22. The molecule has 2 N–H and O–H groups in total. The molecule has 142 valence electrons. The molecule has 0 aliphatic heterocycles. The van der Waals surface area contributed by atoms with Crippen molar-refractivity contribution in [1.82, 2.24) is 10.2 Å². The zero-order chi connectivity index (χ0) is 19.0. The molecule has 8 heteroatoms. The summed E-state index contributed by atoms with van der Waals surface area (Å²) in [6.45, 7) is 4.45. The fraction of sp³-hybridized carbons (Fsp3) is 0.444. The van der Waals surface area contributed by atoms with E-state index in [0.29, 0.717) is 19.5 Å². The largest absolute Gasteiger partial charge is 0.465 e. The van der Waals surface area contributed by atoms with Crippen molar-refractivity contribution in [3.05, 3.63) is 44.8 Å². The molecule has 0 aliphatic rings. The number of hydrogen-bond donors (Lipinski definition) is 2. The van der Waals surface area contributed by atoms with Crippen molar-refractivity contribution in [2.45, 2.75) is 51.9 Å². The molecule has 0 spiro atoms. The Labute approximate surface area is 161 Å². The number of ether oxygens (including phenoxy) is 1. The van der Waals surface area contributed by atoms with E-state index in [2.05, 4.69) is 5.32 Å². The second kappa shape index (κ2) is 9.59. The normalized spacial score (nSPS) is 13.0. The fourth-order valence-electron chi connectivity index (χ4n) is 2.50. The van der Waals surface area contributed by atoms with E-state index in [4.69, 9.17) is 9.84 Å². The van der Waals surface area contributed by atoms with Gasteiger partial charge in [-0.2, -0.15) is 0 Å². The number of nitrogens with one attached hydrogen (secondary N) is 1. The Bertz CT molecular complexity index is 652. The molecule has 0 aliphatic carbocycles. The van der Waals surface area contributed by atoms with E-state index in [1.165, 1.54) is 0 Å². The van der Waals surface area contributed by atoms with Gasteiger partial charge in [-0.1, -0.05) is 25.5 Å². The van der Waals surface area contributed by atoms with Gasteiger partial charge in [0.05, 0.1) is 13.1 Å². The molecule has 1 atom stereocenters. The molecule has 0 saturated heterocycles. The van der Waals surface area contributed by atoms with Crippen LogP contribution in [0.25, 0.3) is 0 Å². The van der Waals surface area contributed by atoms with Crippen LogP contribution in [0.15, 0.2) is 35.0 Å². The molecule has 6 nitrogen and oxygen atoms in total. The van der Waals surface area contributed by atoms with Crippen LogP contribution in [0.1, 0.15) is 42.9 Å². The zero-order valence-electron chi connectivity index (χ0n) is 14.9. The maximum atomic E-state index is 12.8. The summed E-state index contributed by atoms with van der Waals surface area (Å²) in [5, 5.41) is 15.4. The van der Waals surface area contributed by atoms with Crippen molar-refractivity contribution in [3.63, 3.8) is 0 Å². The maximum Gasteiger partial charge on any atom is 0.412 e. The summed E-state index contributed by atoms with van der Waals surface area (Å²) in [6, 6.07) is 7.80. The third-order valence-electron chi connectivity index (χ3n) is 3.80. The van der Waals surface area contributed by atoms with Crippen LogP contribution in [-0.4, -0.2) is 27.9 Å². The number of amides is 2. The molecule has 26 heavy (non-hydrogen) atoms. The van der Waals surface area contributed by atoms with Crippen LogP contribution in [0.4, 0.5) is 9.59 Å². The lowest BCUT2D eigenvalue weighted by Gasteiger charge is -2.32. The van der Waals surface area contributed by atoms with Gasteiger partial charge in [-0.3, -0.25) is 10.2 Å². The molecule has 0 bridgehead atoms. The molecule has 0 unspecified atom stereocenters. The fourth-order valence-corrected chi connectivity index (χ4v) is 3.94. The minimum Gasteiger partial charge on any atom is -0.465 e. The van der Waals surface area contributed by atoms with Crippen molar-refractivity contribution in [2.75, 3.05) is 0 Å². The molecule has 2 aromatic heterocycles. The van der Waals surface area contributed by atoms with Gasteiger partial charge in [0.2, 0.25) is 0 Å². The minimum atomic E-state index is -1.25. The van der Waals surface area contributed by atoms with Crippen LogP contribution in [0.3, 0.4) is 0 Å². The average molecular weight is 397 g/mol. The van der Waals surface area contributed by atoms with Crippen molar-refractivity contribution in [3.8, 4) is 0 Å². The number of carbonyl (C=O) groups excluding carboxylic acids is 1. The van der Waals surface area contributed by atoms with E-state index in [9.17, 15) is 9.59 Å². The Kier molecular flexibility index (Phi) is 7.47. The average Bonchev–Trinajstić information content (AvgIpc) is 3.25. The first-order chi connectivity index (χ1) is 12.4. The maximum absolute atomic E-state index is 12.8. The topological polar surface area (TPSA) is 78.9 Å². The molecule has 0 saturated carbocycles. The number of carboxylic acid groups (broad SMARTS) is 1. The van der Waals surface area contributed by atoms with E-state index in [0.717, 1.165) is 22.6 Å². The molecule has 2 heterocycles. The summed E-state index contributed by atoms with van der Waals surface area (Å²) in [5.41, 5.74) is -1.25. The number of hydrogen-bond acceptors (Lipinski definition) is 5. The highest BCUT2D eigenvalue weighted by atomic mass is 32.1. The van der Waals surface area contributed by atoms with Crippen molar-refractivity contribution < 1.29 is 19.4 Å². The number of nitrogens with zero attached hydrogens (tertiary/aromatic N) is 1. The van der Waals surface area contributed by atoms with E-state index in [1.54, 1.807) is 34.5 Å². The number of carbonyl (C=O) groups is 2. The Hall–Kier alpha value is -2.06. The Morgan fingerprint density at radius 1 is 1.19 bits per heavy atom. The first-order valence-corrected chi connectivity index (χ1v) is 10.2. The molecule has 0 fully saturated rings. The molecular weight excluding hydrogens is 372 g/mol. The monoisotopic (exact) mass is 396 g/mol. The number of thiophene rings is 2. The van der Waals surface area contributed by atoms with Gasteiger partial charge < -0.3 is 9.84 Å². The van der Waals surface area contributed by atoms with Gasteiger partial charge in [-0.15, -0.1) is 22.7 Å². The molecule has 2 aromatic rings. The van der Waals surface area contributed by atoms with Crippen LogP contribution in [0.2, 0.25) is 0 Å². The number of rotatable bonds is 9. The molecule has 2 amide bonds. The smallest absolute Gasteiger partial charge is 0.412 e. The summed E-state index contributed by atoms with van der Waals surface area (Å²) in [7, 11) is 0. The predicted octanol–water partition coefficient (Wildman–Crippen LogP) is 5.12. The van der Waals surface area contributed by atoms with Crippen molar-refractivity contribution in [1.29, 1.82) is 0 Å². The lowest BCUT2D eigenvalue weighted by atomic mass is 10.1. The highest BCUT2D eigenvalue weighted by molar-refractivity contribution is 7.10. The Morgan fingerprint density at radius 2 is 1.77 bits per heavy atom. The predicted molar refractivity (Wildman–Crippen MR) is 103 cm³/mol. The second-order valence-corrected chi connectivity index (χ2v) is 8.21. The SMILES string of the molecule is CCCC[C@@](C)(NC(=O)O)OC(=O)N(Cc1cccs1)Cc1cccs1. The highest BCUT2D eigenvalue weighted by Gasteiger charge is 2.32. The van der Waals surface area contributed by atoms with Crippen LogP contribution in [0.5, 0.6) is 0 Å². The Balaban J connectivity index is 2.13. The van der Waals surface area contributed by atoms with Crippen LogP contribution >= 0.6 is 22.7 Å². The lowest BCUT2D eigenvalue weighted by Crippen LogP contribution is -2.51. The first kappa shape index (κ1) is 20.3. The van der Waals surface area contributed by atoms with Gasteiger partial charge in [0.15, 0.2) is 5.72 Å². The summed E-state index contributed by atoms with van der Waals surface area (Å²) in [5.74, 6) is 0. The summed E-state index contributed by atoms with van der Waals surface area (Å²) in [4.78, 5) is 27.7.